The fraction of sp³-hybridized carbons (Fsp3) is 0.533. The third-order valence-corrected chi connectivity index (χ3v) is 3.90. The summed E-state index contributed by atoms with van der Waals surface area (Å²) in [5.41, 5.74) is 0.760. The standard InChI is InChI=1S/C15H22FNO2S/c1-9(2)7-13(15(18)19)17-10(3)11-5-6-14(20-4)12(16)8-11/h5-6,8-10,13,17H,7H2,1-4H3,(H,18,19)/t10?,13-/m0/s1. The minimum atomic E-state index is -0.869. The summed E-state index contributed by atoms with van der Waals surface area (Å²) < 4.78 is 13.8. The van der Waals surface area contributed by atoms with Crippen LogP contribution >= 0.6 is 11.8 Å². The number of carboxylic acids is 1. The summed E-state index contributed by atoms with van der Waals surface area (Å²) in [6.07, 6.45) is 2.37. The molecule has 0 saturated heterocycles. The van der Waals surface area contributed by atoms with E-state index in [1.807, 2.05) is 33.1 Å². The SMILES string of the molecule is CSc1ccc(C(C)N[C@@H](CC(C)C)C(=O)O)cc1F. The molecular formula is C15H22FNO2S. The van der Waals surface area contributed by atoms with Crippen molar-refractivity contribution in [2.75, 3.05) is 6.26 Å². The van der Waals surface area contributed by atoms with Crippen LogP contribution in [0.25, 0.3) is 0 Å². The van der Waals surface area contributed by atoms with Crippen molar-refractivity contribution in [1.29, 1.82) is 0 Å². The second-order valence-corrected chi connectivity index (χ2v) is 6.15. The zero-order valence-electron chi connectivity index (χ0n) is 12.3. The number of nitrogens with one attached hydrogen (secondary N) is 1. The molecular weight excluding hydrogens is 277 g/mol. The molecule has 0 fully saturated rings. The van der Waals surface area contributed by atoms with Gasteiger partial charge in [0, 0.05) is 10.9 Å². The van der Waals surface area contributed by atoms with Gasteiger partial charge < -0.3 is 5.11 Å². The third-order valence-electron chi connectivity index (χ3n) is 3.13. The van der Waals surface area contributed by atoms with E-state index >= 15 is 0 Å². The van der Waals surface area contributed by atoms with Crippen LogP contribution in [-0.2, 0) is 4.79 Å². The molecule has 0 heterocycles. The molecule has 3 nitrogen and oxygen atoms in total. The lowest BCUT2D eigenvalue weighted by Gasteiger charge is -2.22. The Morgan fingerprint density at radius 3 is 2.50 bits per heavy atom. The molecule has 112 valence electrons. The monoisotopic (exact) mass is 299 g/mol. The lowest BCUT2D eigenvalue weighted by Crippen LogP contribution is -2.39. The maximum atomic E-state index is 13.8. The molecule has 0 aliphatic heterocycles. The van der Waals surface area contributed by atoms with Gasteiger partial charge in [-0.05, 0) is 43.2 Å². The molecule has 2 atom stereocenters. The van der Waals surface area contributed by atoms with E-state index in [2.05, 4.69) is 5.32 Å². The summed E-state index contributed by atoms with van der Waals surface area (Å²) in [5, 5.41) is 12.3. The Labute approximate surface area is 124 Å². The van der Waals surface area contributed by atoms with Gasteiger partial charge in [-0.25, -0.2) is 4.39 Å². The molecule has 0 radical (unpaired) electrons. The second-order valence-electron chi connectivity index (χ2n) is 5.30. The molecule has 1 rings (SSSR count). The molecule has 5 heteroatoms. The summed E-state index contributed by atoms with van der Waals surface area (Å²) in [6.45, 7) is 5.81. The predicted molar refractivity (Wildman–Crippen MR) is 80.6 cm³/mol. The van der Waals surface area contributed by atoms with Crippen LogP contribution in [0.1, 0.15) is 38.8 Å². The Balaban J connectivity index is 2.80. The molecule has 0 amide bonds. The minimum absolute atomic E-state index is 0.208. The summed E-state index contributed by atoms with van der Waals surface area (Å²) in [6, 6.07) is 4.21. The average molecular weight is 299 g/mol. The van der Waals surface area contributed by atoms with E-state index in [-0.39, 0.29) is 17.8 Å². The van der Waals surface area contributed by atoms with Crippen molar-refractivity contribution in [3.05, 3.63) is 29.6 Å². The van der Waals surface area contributed by atoms with E-state index in [1.165, 1.54) is 17.8 Å². The van der Waals surface area contributed by atoms with Crippen LogP contribution < -0.4 is 5.32 Å². The van der Waals surface area contributed by atoms with Gasteiger partial charge in [0.1, 0.15) is 11.9 Å². The van der Waals surface area contributed by atoms with E-state index in [1.54, 1.807) is 6.07 Å². The highest BCUT2D eigenvalue weighted by atomic mass is 32.2. The van der Waals surface area contributed by atoms with Gasteiger partial charge in [0.05, 0.1) is 0 Å². The van der Waals surface area contributed by atoms with Gasteiger partial charge in [0.25, 0.3) is 0 Å². The van der Waals surface area contributed by atoms with Crippen molar-refractivity contribution >= 4 is 17.7 Å². The fourth-order valence-electron chi connectivity index (χ4n) is 2.06. The van der Waals surface area contributed by atoms with Crippen molar-refractivity contribution in [2.24, 2.45) is 5.92 Å². The first-order valence-corrected chi connectivity index (χ1v) is 7.90. The quantitative estimate of drug-likeness (QED) is 0.754. The molecule has 1 unspecified atom stereocenters. The number of benzene rings is 1. The van der Waals surface area contributed by atoms with Gasteiger partial charge in [0.15, 0.2) is 0 Å². The molecule has 0 aromatic heterocycles. The zero-order valence-corrected chi connectivity index (χ0v) is 13.1. The highest BCUT2D eigenvalue weighted by Gasteiger charge is 2.21. The summed E-state index contributed by atoms with van der Waals surface area (Å²) >= 11 is 1.35. The first-order chi connectivity index (χ1) is 9.35. The van der Waals surface area contributed by atoms with Gasteiger partial charge in [-0.2, -0.15) is 0 Å². The summed E-state index contributed by atoms with van der Waals surface area (Å²) in [5.74, 6) is -0.849. The third kappa shape index (κ3) is 4.80. The topological polar surface area (TPSA) is 49.3 Å². The first kappa shape index (κ1) is 17.0. The summed E-state index contributed by atoms with van der Waals surface area (Å²) in [7, 11) is 0. The maximum Gasteiger partial charge on any atom is 0.320 e. The fourth-order valence-corrected chi connectivity index (χ4v) is 2.52. The van der Waals surface area contributed by atoms with Gasteiger partial charge in [-0.15, -0.1) is 11.8 Å². The van der Waals surface area contributed by atoms with E-state index in [0.717, 1.165) is 5.56 Å². The predicted octanol–water partition coefficient (Wildman–Crippen LogP) is 3.70. The molecule has 20 heavy (non-hydrogen) atoms. The Morgan fingerprint density at radius 1 is 1.40 bits per heavy atom. The Kier molecular flexibility index (Phi) is 6.49. The number of hydrogen-bond donors (Lipinski definition) is 2. The maximum absolute atomic E-state index is 13.8. The minimum Gasteiger partial charge on any atom is -0.480 e. The molecule has 1 aromatic rings. The van der Waals surface area contributed by atoms with Crippen LogP contribution in [0.15, 0.2) is 23.1 Å². The van der Waals surface area contributed by atoms with Crippen LogP contribution in [0.2, 0.25) is 0 Å². The van der Waals surface area contributed by atoms with Crippen LogP contribution in [0.4, 0.5) is 4.39 Å². The molecule has 0 aliphatic carbocycles. The van der Waals surface area contributed by atoms with Gasteiger partial charge in [-0.3, -0.25) is 10.1 Å². The van der Waals surface area contributed by atoms with Crippen LogP contribution in [0.3, 0.4) is 0 Å². The van der Waals surface area contributed by atoms with Crippen LogP contribution in [-0.4, -0.2) is 23.4 Å². The van der Waals surface area contributed by atoms with E-state index in [4.69, 9.17) is 0 Å². The van der Waals surface area contributed by atoms with Crippen molar-refractivity contribution in [3.63, 3.8) is 0 Å². The van der Waals surface area contributed by atoms with E-state index in [0.29, 0.717) is 11.3 Å². The second kappa shape index (κ2) is 7.64. The van der Waals surface area contributed by atoms with Crippen molar-refractivity contribution in [3.8, 4) is 0 Å². The number of hydrogen-bond acceptors (Lipinski definition) is 3. The largest absolute Gasteiger partial charge is 0.480 e. The highest BCUT2D eigenvalue weighted by molar-refractivity contribution is 7.98. The molecule has 0 spiro atoms. The number of thioether (sulfide) groups is 1. The Hall–Kier alpha value is -1.07. The Morgan fingerprint density at radius 2 is 2.05 bits per heavy atom. The van der Waals surface area contributed by atoms with E-state index < -0.39 is 12.0 Å². The lowest BCUT2D eigenvalue weighted by molar-refractivity contribution is -0.140. The molecule has 0 saturated carbocycles. The van der Waals surface area contributed by atoms with Gasteiger partial charge >= 0.3 is 5.97 Å². The van der Waals surface area contributed by atoms with Crippen LogP contribution in [0, 0.1) is 11.7 Å². The zero-order chi connectivity index (χ0) is 15.3. The van der Waals surface area contributed by atoms with Crippen molar-refractivity contribution in [1.82, 2.24) is 5.32 Å². The van der Waals surface area contributed by atoms with E-state index in [9.17, 15) is 14.3 Å². The number of carboxylic acid groups (broad SMARTS) is 1. The number of halogens is 1. The normalized spacial score (nSPS) is 14.3. The lowest BCUT2D eigenvalue weighted by atomic mass is 10.0. The molecule has 0 bridgehead atoms. The number of aliphatic carboxylic acids is 1. The van der Waals surface area contributed by atoms with Gasteiger partial charge in [0.2, 0.25) is 0 Å². The molecule has 1 aromatic carbocycles. The highest BCUT2D eigenvalue weighted by Crippen LogP contribution is 2.23. The molecule has 0 aliphatic rings. The first-order valence-electron chi connectivity index (χ1n) is 6.67. The average Bonchev–Trinajstić information content (AvgIpc) is 2.37. The van der Waals surface area contributed by atoms with Crippen LogP contribution in [0.5, 0.6) is 0 Å². The summed E-state index contributed by atoms with van der Waals surface area (Å²) in [4.78, 5) is 11.8. The number of rotatable bonds is 7. The Bertz CT molecular complexity index is 465. The van der Waals surface area contributed by atoms with Gasteiger partial charge in [-0.1, -0.05) is 19.9 Å². The number of carbonyl (C=O) groups is 1. The van der Waals surface area contributed by atoms with Crippen molar-refractivity contribution in [2.45, 2.75) is 44.2 Å². The smallest absolute Gasteiger partial charge is 0.320 e. The molecule has 2 N–H and O–H groups in total. The van der Waals surface area contributed by atoms with Crippen molar-refractivity contribution < 1.29 is 14.3 Å².